The summed E-state index contributed by atoms with van der Waals surface area (Å²) < 4.78 is 3.49. The van der Waals surface area contributed by atoms with Gasteiger partial charge in [-0.25, -0.2) is 0 Å². The SMILES string of the molecule is O=c1c(-n2cccc2)cc(-c2ccccn2)cn1-c1ccccc1. The minimum atomic E-state index is -0.0721. The largest absolute Gasteiger partial charge is 0.319 e. The molecule has 0 aliphatic rings. The molecular weight excluding hydrogens is 298 g/mol. The Morgan fingerprint density at radius 3 is 2.29 bits per heavy atom. The van der Waals surface area contributed by atoms with Crippen LogP contribution in [0.1, 0.15) is 0 Å². The van der Waals surface area contributed by atoms with Gasteiger partial charge in [-0.3, -0.25) is 14.3 Å². The van der Waals surface area contributed by atoms with E-state index in [1.165, 1.54) is 0 Å². The van der Waals surface area contributed by atoms with E-state index in [0.717, 1.165) is 16.9 Å². The van der Waals surface area contributed by atoms with Crippen LogP contribution >= 0.6 is 0 Å². The van der Waals surface area contributed by atoms with Gasteiger partial charge in [-0.15, -0.1) is 0 Å². The fourth-order valence-electron chi connectivity index (χ4n) is 2.70. The zero-order chi connectivity index (χ0) is 16.4. The first-order valence-corrected chi connectivity index (χ1v) is 7.70. The predicted molar refractivity (Wildman–Crippen MR) is 94.6 cm³/mol. The second kappa shape index (κ2) is 6.01. The Hall–Kier alpha value is -3.40. The molecule has 0 atom stereocenters. The van der Waals surface area contributed by atoms with E-state index < -0.39 is 0 Å². The highest BCUT2D eigenvalue weighted by Crippen LogP contribution is 2.19. The lowest BCUT2D eigenvalue weighted by Crippen LogP contribution is -2.22. The van der Waals surface area contributed by atoms with Gasteiger partial charge in [0.1, 0.15) is 5.69 Å². The molecule has 0 saturated carbocycles. The molecule has 0 N–H and O–H groups in total. The third-order valence-electron chi connectivity index (χ3n) is 3.88. The number of para-hydroxylation sites is 1. The minimum absolute atomic E-state index is 0.0721. The third-order valence-corrected chi connectivity index (χ3v) is 3.88. The Labute approximate surface area is 139 Å². The standard InChI is InChI=1S/C20H15N3O/c24-20-19(22-12-6-7-13-22)14-16(18-10-4-5-11-21-18)15-23(20)17-8-2-1-3-9-17/h1-15H. The number of pyridine rings is 2. The van der Waals surface area contributed by atoms with Crippen molar-refractivity contribution in [3.63, 3.8) is 0 Å². The van der Waals surface area contributed by atoms with Crippen LogP contribution in [-0.4, -0.2) is 14.1 Å². The van der Waals surface area contributed by atoms with E-state index in [1.54, 1.807) is 10.8 Å². The van der Waals surface area contributed by atoms with Gasteiger partial charge < -0.3 is 4.57 Å². The molecule has 3 aromatic heterocycles. The van der Waals surface area contributed by atoms with Crippen LogP contribution in [0, 0.1) is 0 Å². The Balaban J connectivity index is 2.00. The number of aromatic nitrogens is 3. The van der Waals surface area contributed by atoms with Gasteiger partial charge in [-0.1, -0.05) is 24.3 Å². The topological polar surface area (TPSA) is 39.8 Å². The summed E-state index contributed by atoms with van der Waals surface area (Å²) in [4.78, 5) is 17.4. The smallest absolute Gasteiger partial charge is 0.279 e. The van der Waals surface area contributed by atoms with Crippen LogP contribution in [0.4, 0.5) is 0 Å². The number of benzene rings is 1. The molecule has 0 amide bonds. The molecule has 0 bridgehead atoms. The molecule has 1 aromatic carbocycles. The molecule has 24 heavy (non-hydrogen) atoms. The van der Waals surface area contributed by atoms with E-state index in [4.69, 9.17) is 0 Å². The van der Waals surface area contributed by atoms with E-state index in [0.29, 0.717) is 5.69 Å². The van der Waals surface area contributed by atoms with Crippen LogP contribution in [0.5, 0.6) is 0 Å². The lowest BCUT2D eigenvalue weighted by Gasteiger charge is -2.12. The highest BCUT2D eigenvalue weighted by molar-refractivity contribution is 5.62. The number of rotatable bonds is 3. The summed E-state index contributed by atoms with van der Waals surface area (Å²) in [7, 11) is 0. The first-order valence-electron chi connectivity index (χ1n) is 7.70. The van der Waals surface area contributed by atoms with Gasteiger partial charge in [0.25, 0.3) is 5.56 Å². The average molecular weight is 313 g/mol. The normalized spacial score (nSPS) is 10.7. The lowest BCUT2D eigenvalue weighted by atomic mass is 10.1. The molecule has 3 heterocycles. The molecule has 4 heteroatoms. The first-order chi connectivity index (χ1) is 11.8. The van der Waals surface area contributed by atoms with E-state index >= 15 is 0 Å². The van der Waals surface area contributed by atoms with E-state index in [2.05, 4.69) is 4.98 Å². The summed E-state index contributed by atoms with van der Waals surface area (Å²) in [6.45, 7) is 0. The van der Waals surface area contributed by atoms with Crippen molar-refractivity contribution in [1.82, 2.24) is 14.1 Å². The maximum Gasteiger partial charge on any atom is 0.279 e. The van der Waals surface area contributed by atoms with Crippen LogP contribution < -0.4 is 5.56 Å². The fourth-order valence-corrected chi connectivity index (χ4v) is 2.70. The fraction of sp³-hybridized carbons (Fsp3) is 0. The zero-order valence-corrected chi connectivity index (χ0v) is 12.9. The van der Waals surface area contributed by atoms with Crippen LogP contribution in [-0.2, 0) is 0 Å². The molecule has 0 radical (unpaired) electrons. The van der Waals surface area contributed by atoms with Crippen molar-refractivity contribution in [2.45, 2.75) is 0 Å². The number of hydrogen-bond acceptors (Lipinski definition) is 2. The Morgan fingerprint density at radius 2 is 1.58 bits per heavy atom. The van der Waals surface area contributed by atoms with Gasteiger partial charge in [-0.2, -0.15) is 0 Å². The zero-order valence-electron chi connectivity index (χ0n) is 12.9. The summed E-state index contributed by atoms with van der Waals surface area (Å²) in [5.41, 5.74) is 3.07. The highest BCUT2D eigenvalue weighted by atomic mass is 16.1. The molecule has 4 rings (SSSR count). The van der Waals surface area contributed by atoms with Crippen LogP contribution in [0.2, 0.25) is 0 Å². The van der Waals surface area contributed by atoms with Crippen molar-refractivity contribution in [2.24, 2.45) is 0 Å². The van der Waals surface area contributed by atoms with Crippen molar-refractivity contribution >= 4 is 0 Å². The molecule has 0 unspecified atom stereocenters. The van der Waals surface area contributed by atoms with Crippen LogP contribution in [0.25, 0.3) is 22.6 Å². The second-order valence-electron chi connectivity index (χ2n) is 5.43. The molecule has 0 aliphatic heterocycles. The summed E-state index contributed by atoms with van der Waals surface area (Å²) in [6.07, 6.45) is 7.33. The molecule has 0 fully saturated rings. The first kappa shape index (κ1) is 14.2. The maximum absolute atomic E-state index is 13.0. The van der Waals surface area contributed by atoms with Gasteiger partial charge in [-0.05, 0) is 42.5 Å². The Morgan fingerprint density at radius 1 is 0.833 bits per heavy atom. The van der Waals surface area contributed by atoms with Gasteiger partial charge in [0, 0.05) is 36.0 Å². The lowest BCUT2D eigenvalue weighted by molar-refractivity contribution is 0.938. The second-order valence-corrected chi connectivity index (χ2v) is 5.43. The van der Waals surface area contributed by atoms with E-state index in [1.807, 2.05) is 89.9 Å². The molecule has 0 spiro atoms. The Kier molecular flexibility index (Phi) is 3.56. The van der Waals surface area contributed by atoms with Crippen molar-refractivity contribution in [2.75, 3.05) is 0 Å². The van der Waals surface area contributed by atoms with Crippen molar-refractivity contribution in [1.29, 1.82) is 0 Å². The quantitative estimate of drug-likeness (QED) is 0.579. The molecule has 0 saturated heterocycles. The van der Waals surface area contributed by atoms with Crippen molar-refractivity contribution in [3.05, 3.63) is 102 Å². The molecule has 4 aromatic rings. The number of hydrogen-bond donors (Lipinski definition) is 0. The van der Waals surface area contributed by atoms with Crippen molar-refractivity contribution in [3.8, 4) is 22.6 Å². The van der Waals surface area contributed by atoms with Gasteiger partial charge in [0.05, 0.1) is 5.69 Å². The highest BCUT2D eigenvalue weighted by Gasteiger charge is 2.11. The minimum Gasteiger partial charge on any atom is -0.319 e. The summed E-state index contributed by atoms with van der Waals surface area (Å²) >= 11 is 0. The summed E-state index contributed by atoms with van der Waals surface area (Å²) in [6, 6.07) is 21.1. The molecule has 116 valence electrons. The van der Waals surface area contributed by atoms with Crippen LogP contribution in [0.15, 0.2) is 96.3 Å². The summed E-state index contributed by atoms with van der Waals surface area (Å²) in [5.74, 6) is 0. The van der Waals surface area contributed by atoms with Crippen molar-refractivity contribution < 1.29 is 0 Å². The van der Waals surface area contributed by atoms with E-state index in [-0.39, 0.29) is 5.56 Å². The Bertz CT molecular complexity index is 1000. The van der Waals surface area contributed by atoms with E-state index in [9.17, 15) is 4.79 Å². The third kappa shape index (κ3) is 2.54. The van der Waals surface area contributed by atoms with Gasteiger partial charge >= 0.3 is 0 Å². The molecule has 4 nitrogen and oxygen atoms in total. The van der Waals surface area contributed by atoms with Crippen LogP contribution in [0.3, 0.4) is 0 Å². The summed E-state index contributed by atoms with van der Waals surface area (Å²) in [5, 5.41) is 0. The monoisotopic (exact) mass is 313 g/mol. The predicted octanol–water partition coefficient (Wildman–Crippen LogP) is 3.69. The molecule has 0 aliphatic carbocycles. The number of nitrogens with zero attached hydrogens (tertiary/aromatic N) is 3. The average Bonchev–Trinajstić information content (AvgIpc) is 3.18. The molecular formula is C20H15N3O. The van der Waals surface area contributed by atoms with Gasteiger partial charge in [0.15, 0.2) is 0 Å². The van der Waals surface area contributed by atoms with Gasteiger partial charge in [0.2, 0.25) is 0 Å². The maximum atomic E-state index is 13.0.